The van der Waals surface area contributed by atoms with Crippen LogP contribution in [0.5, 0.6) is 0 Å². The highest BCUT2D eigenvalue weighted by Gasteiger charge is 2.35. The third-order valence-electron chi connectivity index (χ3n) is 3.72. The number of rotatable bonds is 7. The molecule has 2 nitrogen and oxygen atoms in total. The van der Waals surface area contributed by atoms with Gasteiger partial charge >= 0.3 is 0 Å². The van der Waals surface area contributed by atoms with Crippen molar-refractivity contribution in [3.63, 3.8) is 0 Å². The molecule has 0 saturated heterocycles. The minimum absolute atomic E-state index is 0.267. The fourth-order valence-electron chi connectivity index (χ4n) is 2.45. The van der Waals surface area contributed by atoms with Gasteiger partial charge in [-0.1, -0.05) is 19.9 Å². The third-order valence-corrected chi connectivity index (χ3v) is 4.66. The Labute approximate surface area is 109 Å². The van der Waals surface area contributed by atoms with Crippen LogP contribution in [0.4, 0.5) is 0 Å². The van der Waals surface area contributed by atoms with Gasteiger partial charge in [-0.05, 0) is 44.8 Å². The zero-order chi connectivity index (χ0) is 12.9. The fourth-order valence-corrected chi connectivity index (χ4v) is 3.16. The summed E-state index contributed by atoms with van der Waals surface area (Å²) in [7, 11) is 4.02. The molecule has 0 aliphatic heterocycles. The number of carbonyl (C=O) groups is 1. The van der Waals surface area contributed by atoms with Crippen LogP contribution >= 0.6 is 11.3 Å². The average molecular weight is 253 g/mol. The van der Waals surface area contributed by atoms with Crippen LogP contribution in [0.15, 0.2) is 17.5 Å². The van der Waals surface area contributed by atoms with Crippen molar-refractivity contribution in [3.8, 4) is 0 Å². The van der Waals surface area contributed by atoms with E-state index in [-0.39, 0.29) is 5.54 Å². The molecule has 0 aliphatic rings. The first-order valence-corrected chi connectivity index (χ1v) is 7.18. The predicted octanol–water partition coefficient (Wildman–Crippen LogP) is 3.37. The highest BCUT2D eigenvalue weighted by atomic mass is 32.1. The van der Waals surface area contributed by atoms with Gasteiger partial charge in [-0.25, -0.2) is 0 Å². The van der Waals surface area contributed by atoms with Gasteiger partial charge in [0, 0.05) is 11.3 Å². The van der Waals surface area contributed by atoms with Gasteiger partial charge in [0.1, 0.15) is 0 Å². The number of carbonyl (C=O) groups excluding carboxylic acids is 1. The lowest BCUT2D eigenvalue weighted by Crippen LogP contribution is -2.50. The number of Topliss-reactive ketones (excluding diaryl/α,β-unsaturated/α-hetero) is 1. The fraction of sp³-hybridized carbons (Fsp3) is 0.643. The Morgan fingerprint density at radius 2 is 2.00 bits per heavy atom. The molecule has 1 rings (SSSR count). The first-order chi connectivity index (χ1) is 8.06. The number of hydrogen-bond donors (Lipinski definition) is 0. The summed E-state index contributed by atoms with van der Waals surface area (Å²) < 4.78 is 0. The van der Waals surface area contributed by atoms with Gasteiger partial charge in [-0.15, -0.1) is 11.3 Å². The summed E-state index contributed by atoms with van der Waals surface area (Å²) >= 11 is 1.73. The van der Waals surface area contributed by atoms with E-state index < -0.39 is 0 Å². The van der Waals surface area contributed by atoms with E-state index in [1.165, 1.54) is 4.88 Å². The van der Waals surface area contributed by atoms with Gasteiger partial charge < -0.3 is 0 Å². The monoisotopic (exact) mass is 253 g/mol. The largest absolute Gasteiger partial charge is 0.298 e. The van der Waals surface area contributed by atoms with E-state index in [1.807, 2.05) is 20.2 Å². The molecule has 0 saturated carbocycles. The smallest absolute Gasteiger partial charge is 0.153 e. The van der Waals surface area contributed by atoms with Crippen molar-refractivity contribution in [2.45, 2.75) is 45.1 Å². The lowest BCUT2D eigenvalue weighted by molar-refractivity contribution is -0.130. The van der Waals surface area contributed by atoms with Gasteiger partial charge in [-0.2, -0.15) is 0 Å². The Morgan fingerprint density at radius 1 is 1.35 bits per heavy atom. The van der Waals surface area contributed by atoms with Gasteiger partial charge in [0.15, 0.2) is 5.78 Å². The van der Waals surface area contributed by atoms with Crippen LogP contribution in [0.1, 0.15) is 38.0 Å². The number of nitrogens with zero attached hydrogens (tertiary/aromatic N) is 1. The maximum atomic E-state index is 12.4. The van der Waals surface area contributed by atoms with Crippen LogP contribution in [0.25, 0.3) is 0 Å². The van der Waals surface area contributed by atoms with Crippen molar-refractivity contribution in [2.75, 3.05) is 14.1 Å². The summed E-state index contributed by atoms with van der Waals surface area (Å²) in [5.74, 6) is 0.376. The van der Waals surface area contributed by atoms with E-state index >= 15 is 0 Å². The summed E-state index contributed by atoms with van der Waals surface area (Å²) in [6.07, 6.45) is 3.31. The van der Waals surface area contributed by atoms with E-state index in [9.17, 15) is 4.79 Å². The second kappa shape index (κ2) is 6.31. The quantitative estimate of drug-likeness (QED) is 0.742. The number of hydrogen-bond acceptors (Lipinski definition) is 3. The standard InChI is InChI=1S/C14H23NOS/c1-5-14(6-2,15(3)4)13(16)10-9-12-8-7-11-17-12/h7-8,11H,5-6,9-10H2,1-4H3. The van der Waals surface area contributed by atoms with Crippen LogP contribution in [-0.2, 0) is 11.2 Å². The molecule has 0 aromatic carbocycles. The minimum Gasteiger partial charge on any atom is -0.298 e. The summed E-state index contributed by atoms with van der Waals surface area (Å²) in [5, 5.41) is 2.07. The molecule has 96 valence electrons. The maximum Gasteiger partial charge on any atom is 0.153 e. The zero-order valence-electron chi connectivity index (χ0n) is 11.3. The van der Waals surface area contributed by atoms with E-state index in [0.29, 0.717) is 12.2 Å². The summed E-state index contributed by atoms with van der Waals surface area (Å²) in [6, 6.07) is 4.15. The number of likely N-dealkylation sites (N-methyl/N-ethyl adjacent to an activating group) is 1. The van der Waals surface area contributed by atoms with Gasteiger partial charge in [0.25, 0.3) is 0 Å². The molecule has 0 aliphatic carbocycles. The number of thiophene rings is 1. The zero-order valence-corrected chi connectivity index (χ0v) is 12.1. The van der Waals surface area contributed by atoms with Crippen molar-refractivity contribution >= 4 is 17.1 Å². The van der Waals surface area contributed by atoms with E-state index in [2.05, 4.69) is 30.2 Å². The molecule has 0 N–H and O–H groups in total. The third kappa shape index (κ3) is 3.17. The molecule has 0 bridgehead atoms. The molecule has 1 heterocycles. The van der Waals surface area contributed by atoms with Crippen LogP contribution in [0.3, 0.4) is 0 Å². The van der Waals surface area contributed by atoms with Crippen molar-refractivity contribution in [1.82, 2.24) is 4.90 Å². The molecule has 0 fully saturated rings. The summed E-state index contributed by atoms with van der Waals surface area (Å²) in [4.78, 5) is 15.8. The van der Waals surface area contributed by atoms with Crippen molar-refractivity contribution in [3.05, 3.63) is 22.4 Å². The highest BCUT2D eigenvalue weighted by Crippen LogP contribution is 2.25. The first kappa shape index (κ1) is 14.4. The van der Waals surface area contributed by atoms with E-state index in [0.717, 1.165) is 19.3 Å². The van der Waals surface area contributed by atoms with Crippen LogP contribution in [0, 0.1) is 0 Å². The van der Waals surface area contributed by atoms with Crippen LogP contribution in [-0.4, -0.2) is 30.3 Å². The molecule has 0 atom stereocenters. The van der Waals surface area contributed by atoms with Gasteiger partial charge in [0.2, 0.25) is 0 Å². The topological polar surface area (TPSA) is 20.3 Å². The van der Waals surface area contributed by atoms with Crippen molar-refractivity contribution in [2.24, 2.45) is 0 Å². The molecular weight excluding hydrogens is 230 g/mol. The Morgan fingerprint density at radius 3 is 2.41 bits per heavy atom. The van der Waals surface area contributed by atoms with E-state index in [4.69, 9.17) is 0 Å². The van der Waals surface area contributed by atoms with Crippen molar-refractivity contribution in [1.29, 1.82) is 0 Å². The Balaban J connectivity index is 2.66. The minimum atomic E-state index is -0.267. The molecule has 0 spiro atoms. The second-order valence-electron chi connectivity index (χ2n) is 4.64. The predicted molar refractivity (Wildman–Crippen MR) is 74.6 cm³/mol. The molecule has 1 aromatic rings. The lowest BCUT2D eigenvalue weighted by atomic mass is 9.84. The Hall–Kier alpha value is -0.670. The molecular formula is C14H23NOS. The molecule has 0 amide bonds. The van der Waals surface area contributed by atoms with Gasteiger partial charge in [-0.3, -0.25) is 9.69 Å². The van der Waals surface area contributed by atoms with Crippen LogP contribution in [0.2, 0.25) is 0 Å². The average Bonchev–Trinajstić information content (AvgIpc) is 2.81. The molecule has 1 aromatic heterocycles. The molecule has 0 radical (unpaired) electrons. The molecule has 17 heavy (non-hydrogen) atoms. The maximum absolute atomic E-state index is 12.4. The van der Waals surface area contributed by atoms with E-state index in [1.54, 1.807) is 11.3 Å². The number of ketones is 1. The second-order valence-corrected chi connectivity index (χ2v) is 5.67. The highest BCUT2D eigenvalue weighted by molar-refractivity contribution is 7.09. The van der Waals surface area contributed by atoms with Crippen LogP contribution < -0.4 is 0 Å². The summed E-state index contributed by atoms with van der Waals surface area (Å²) in [5.41, 5.74) is -0.267. The lowest BCUT2D eigenvalue weighted by Gasteiger charge is -2.37. The SMILES string of the molecule is CCC(CC)(C(=O)CCc1cccs1)N(C)C. The molecule has 3 heteroatoms. The molecule has 0 unspecified atom stereocenters. The van der Waals surface area contributed by atoms with Gasteiger partial charge in [0.05, 0.1) is 5.54 Å². The van der Waals surface area contributed by atoms with Crippen molar-refractivity contribution < 1.29 is 4.79 Å². The normalized spacial score (nSPS) is 12.1. The number of aryl methyl sites for hydroxylation is 1. The first-order valence-electron chi connectivity index (χ1n) is 6.30. The summed E-state index contributed by atoms with van der Waals surface area (Å²) in [6.45, 7) is 4.21. The Kier molecular flexibility index (Phi) is 5.34. The Bertz CT molecular complexity index is 339.